The Morgan fingerprint density at radius 2 is 1.89 bits per heavy atom. The second-order valence-corrected chi connectivity index (χ2v) is 7.24. The molecule has 0 bridgehead atoms. The summed E-state index contributed by atoms with van der Waals surface area (Å²) >= 11 is 6.13. The predicted molar refractivity (Wildman–Crippen MR) is 112 cm³/mol. The Hall–Kier alpha value is -2.31. The third-order valence-corrected chi connectivity index (χ3v) is 5.25. The molecule has 2 heterocycles. The van der Waals surface area contributed by atoms with Crippen LogP contribution in [0.5, 0.6) is 5.88 Å². The molecule has 1 aromatic heterocycles. The van der Waals surface area contributed by atoms with Gasteiger partial charge < -0.3 is 15.0 Å². The van der Waals surface area contributed by atoms with Crippen LogP contribution >= 0.6 is 11.6 Å². The molecule has 0 aliphatic carbocycles. The minimum absolute atomic E-state index is 0.203. The fourth-order valence-corrected chi connectivity index (χ4v) is 3.52. The summed E-state index contributed by atoms with van der Waals surface area (Å²) in [6.07, 6.45) is 0. The number of anilines is 1. The standard InChI is InChI=1S/C21H27ClN4O2/c1-3-28-19-10-9-18(22)20(24-19)21(27)23-15-16(2)25-11-13-26(14-12-25)17-7-5-4-6-8-17/h4-10,16H,3,11-15H2,1-2H3,(H,23,27). The van der Waals surface area contributed by atoms with Crippen molar-refractivity contribution in [1.29, 1.82) is 0 Å². The van der Waals surface area contributed by atoms with Gasteiger partial charge in [-0.2, -0.15) is 0 Å². The van der Waals surface area contributed by atoms with Crippen molar-refractivity contribution in [2.24, 2.45) is 0 Å². The zero-order valence-electron chi connectivity index (χ0n) is 16.4. The Balaban J connectivity index is 1.50. The number of aromatic nitrogens is 1. The van der Waals surface area contributed by atoms with Crippen molar-refractivity contribution in [1.82, 2.24) is 15.2 Å². The molecule has 6 nitrogen and oxygen atoms in total. The normalized spacial score (nSPS) is 15.9. The average molecular weight is 403 g/mol. The first-order chi connectivity index (χ1) is 13.6. The summed E-state index contributed by atoms with van der Waals surface area (Å²) in [5, 5.41) is 3.28. The van der Waals surface area contributed by atoms with Gasteiger partial charge in [0.25, 0.3) is 5.91 Å². The minimum Gasteiger partial charge on any atom is -0.478 e. The van der Waals surface area contributed by atoms with E-state index in [2.05, 4.69) is 51.3 Å². The Labute approximate surface area is 171 Å². The molecule has 1 N–H and O–H groups in total. The summed E-state index contributed by atoms with van der Waals surface area (Å²) in [6, 6.07) is 14.0. The number of hydrogen-bond donors (Lipinski definition) is 1. The van der Waals surface area contributed by atoms with Crippen LogP contribution in [-0.2, 0) is 0 Å². The van der Waals surface area contributed by atoms with E-state index in [0.29, 0.717) is 24.1 Å². The van der Waals surface area contributed by atoms with Crippen molar-refractivity contribution in [3.63, 3.8) is 0 Å². The quantitative estimate of drug-likeness (QED) is 0.771. The Bertz CT molecular complexity index is 779. The maximum Gasteiger partial charge on any atom is 0.271 e. The third kappa shape index (κ3) is 5.14. The number of nitrogens with zero attached hydrogens (tertiary/aromatic N) is 3. The van der Waals surface area contributed by atoms with E-state index in [0.717, 1.165) is 26.2 Å². The number of benzene rings is 1. The molecule has 0 saturated carbocycles. The number of rotatable bonds is 7. The molecule has 2 aromatic rings. The molecule has 0 radical (unpaired) electrons. The fraction of sp³-hybridized carbons (Fsp3) is 0.429. The molecular formula is C21H27ClN4O2. The molecule has 1 aliphatic rings. The Kier molecular flexibility index (Phi) is 7.12. The highest BCUT2D eigenvalue weighted by molar-refractivity contribution is 6.33. The number of amides is 1. The van der Waals surface area contributed by atoms with Crippen LogP contribution in [0, 0.1) is 0 Å². The van der Waals surface area contributed by atoms with E-state index >= 15 is 0 Å². The summed E-state index contributed by atoms with van der Waals surface area (Å²) in [6.45, 7) is 8.91. The lowest BCUT2D eigenvalue weighted by Crippen LogP contribution is -2.52. The lowest BCUT2D eigenvalue weighted by molar-refractivity contribution is 0.0928. The predicted octanol–water partition coefficient (Wildman–Crippen LogP) is 3.07. The number of piperazine rings is 1. The van der Waals surface area contributed by atoms with Crippen LogP contribution in [0.2, 0.25) is 5.02 Å². The first-order valence-corrected chi connectivity index (χ1v) is 10.1. The third-order valence-electron chi connectivity index (χ3n) is 4.94. The van der Waals surface area contributed by atoms with E-state index in [1.807, 2.05) is 13.0 Å². The van der Waals surface area contributed by atoms with E-state index in [1.54, 1.807) is 12.1 Å². The van der Waals surface area contributed by atoms with Gasteiger partial charge >= 0.3 is 0 Å². The zero-order valence-corrected chi connectivity index (χ0v) is 17.2. The molecular weight excluding hydrogens is 376 g/mol. The van der Waals surface area contributed by atoms with Crippen molar-refractivity contribution >= 4 is 23.2 Å². The van der Waals surface area contributed by atoms with Gasteiger partial charge in [-0.15, -0.1) is 0 Å². The van der Waals surface area contributed by atoms with Crippen molar-refractivity contribution in [3.05, 3.63) is 53.2 Å². The second-order valence-electron chi connectivity index (χ2n) is 6.83. The maximum atomic E-state index is 12.5. The van der Waals surface area contributed by atoms with Crippen LogP contribution in [-0.4, -0.2) is 61.2 Å². The highest BCUT2D eigenvalue weighted by atomic mass is 35.5. The highest BCUT2D eigenvalue weighted by Crippen LogP contribution is 2.19. The molecule has 1 amide bonds. The molecule has 0 spiro atoms. The van der Waals surface area contributed by atoms with Gasteiger partial charge in [-0.3, -0.25) is 9.69 Å². The lowest BCUT2D eigenvalue weighted by atomic mass is 10.2. The van der Waals surface area contributed by atoms with Crippen molar-refractivity contribution in [3.8, 4) is 5.88 Å². The number of hydrogen-bond acceptors (Lipinski definition) is 5. The molecule has 28 heavy (non-hydrogen) atoms. The molecule has 150 valence electrons. The number of nitrogens with one attached hydrogen (secondary N) is 1. The van der Waals surface area contributed by atoms with Gasteiger partial charge in [0.2, 0.25) is 5.88 Å². The number of pyridine rings is 1. The van der Waals surface area contributed by atoms with Crippen molar-refractivity contribution in [2.75, 3.05) is 44.2 Å². The number of halogens is 1. The van der Waals surface area contributed by atoms with E-state index in [1.165, 1.54) is 5.69 Å². The van der Waals surface area contributed by atoms with E-state index in [4.69, 9.17) is 16.3 Å². The van der Waals surface area contributed by atoms with E-state index in [-0.39, 0.29) is 17.6 Å². The number of ether oxygens (including phenoxy) is 1. The van der Waals surface area contributed by atoms with Crippen LogP contribution in [0.3, 0.4) is 0 Å². The van der Waals surface area contributed by atoms with Crippen molar-refractivity contribution in [2.45, 2.75) is 19.9 Å². The SMILES string of the molecule is CCOc1ccc(Cl)c(C(=O)NCC(C)N2CCN(c3ccccc3)CC2)n1. The van der Waals surface area contributed by atoms with Gasteiger partial charge in [0.15, 0.2) is 5.69 Å². The molecule has 1 unspecified atom stereocenters. The van der Waals surface area contributed by atoms with E-state index in [9.17, 15) is 4.79 Å². The molecule has 7 heteroatoms. The monoisotopic (exact) mass is 402 g/mol. The fourth-order valence-electron chi connectivity index (χ4n) is 3.32. The van der Waals surface area contributed by atoms with Crippen molar-refractivity contribution < 1.29 is 9.53 Å². The largest absolute Gasteiger partial charge is 0.478 e. The Morgan fingerprint density at radius 3 is 2.57 bits per heavy atom. The minimum atomic E-state index is -0.277. The molecule has 3 rings (SSSR count). The maximum absolute atomic E-state index is 12.5. The summed E-state index contributed by atoms with van der Waals surface area (Å²) in [4.78, 5) is 21.5. The number of para-hydroxylation sites is 1. The van der Waals surface area contributed by atoms with Gasteiger partial charge in [0.1, 0.15) is 0 Å². The zero-order chi connectivity index (χ0) is 19.9. The molecule has 1 aliphatic heterocycles. The topological polar surface area (TPSA) is 57.7 Å². The van der Waals surface area contributed by atoms with Crippen LogP contribution < -0.4 is 15.0 Å². The van der Waals surface area contributed by atoms with Crippen LogP contribution in [0.15, 0.2) is 42.5 Å². The van der Waals surface area contributed by atoms with E-state index < -0.39 is 0 Å². The van der Waals surface area contributed by atoms with Gasteiger partial charge in [-0.05, 0) is 32.0 Å². The summed E-state index contributed by atoms with van der Waals surface area (Å²) in [5.41, 5.74) is 1.46. The number of carbonyl (C=O) groups excluding carboxylic acids is 1. The first-order valence-electron chi connectivity index (χ1n) is 9.70. The van der Waals surface area contributed by atoms with Gasteiger partial charge in [-0.1, -0.05) is 29.8 Å². The molecule has 1 saturated heterocycles. The summed E-state index contributed by atoms with van der Waals surface area (Å²) in [5.74, 6) is 0.128. The number of carbonyl (C=O) groups is 1. The smallest absolute Gasteiger partial charge is 0.271 e. The molecule has 1 atom stereocenters. The first kappa shape index (κ1) is 20.4. The van der Waals surface area contributed by atoms with Gasteiger partial charge in [0, 0.05) is 50.5 Å². The van der Waals surface area contributed by atoms with Gasteiger partial charge in [0.05, 0.1) is 11.6 Å². The molecule has 1 fully saturated rings. The average Bonchev–Trinajstić information content (AvgIpc) is 2.74. The van der Waals surface area contributed by atoms with Crippen LogP contribution in [0.25, 0.3) is 0 Å². The van der Waals surface area contributed by atoms with Gasteiger partial charge in [-0.25, -0.2) is 4.98 Å². The molecule has 1 aromatic carbocycles. The summed E-state index contributed by atoms with van der Waals surface area (Å²) < 4.78 is 5.36. The van der Waals surface area contributed by atoms with Crippen LogP contribution in [0.4, 0.5) is 5.69 Å². The Morgan fingerprint density at radius 1 is 1.18 bits per heavy atom. The summed E-state index contributed by atoms with van der Waals surface area (Å²) in [7, 11) is 0. The second kappa shape index (κ2) is 9.75. The van der Waals surface area contributed by atoms with Crippen LogP contribution in [0.1, 0.15) is 24.3 Å². The lowest BCUT2D eigenvalue weighted by Gasteiger charge is -2.39. The highest BCUT2D eigenvalue weighted by Gasteiger charge is 2.22.